The smallest absolute Gasteiger partial charge is 0.407 e. The largest absolute Gasteiger partial charge is 0.445 e. The van der Waals surface area contributed by atoms with E-state index in [9.17, 15) is 4.79 Å². The molecule has 0 unspecified atom stereocenters. The fourth-order valence-corrected chi connectivity index (χ4v) is 1.77. The first kappa shape index (κ1) is 17.0. The first-order valence-electron chi connectivity index (χ1n) is 7.31. The van der Waals surface area contributed by atoms with Crippen LogP contribution in [-0.2, 0) is 11.3 Å². The molecule has 114 valence electrons. The zero-order valence-corrected chi connectivity index (χ0v) is 13.2. The molecule has 0 spiro atoms. The highest BCUT2D eigenvalue weighted by Crippen LogP contribution is 2.06. The monoisotopic (exact) mass is 287 g/mol. The Morgan fingerprint density at radius 3 is 2.52 bits per heavy atom. The van der Waals surface area contributed by atoms with Gasteiger partial charge in [0.05, 0.1) is 0 Å². The van der Waals surface area contributed by atoms with Crippen molar-refractivity contribution in [3.05, 3.63) is 59.2 Å². The van der Waals surface area contributed by atoms with Gasteiger partial charge in [-0.05, 0) is 39.2 Å². The van der Waals surface area contributed by atoms with Crippen LogP contribution < -0.4 is 5.32 Å². The molecule has 0 saturated heterocycles. The van der Waals surface area contributed by atoms with E-state index in [0.29, 0.717) is 13.2 Å². The average Bonchev–Trinajstić information content (AvgIpc) is 2.46. The number of rotatable bonds is 7. The highest BCUT2D eigenvalue weighted by molar-refractivity contribution is 5.67. The molecule has 0 atom stereocenters. The summed E-state index contributed by atoms with van der Waals surface area (Å²) in [6.45, 7) is 7.09. The van der Waals surface area contributed by atoms with Gasteiger partial charge in [-0.15, -0.1) is 0 Å². The summed E-state index contributed by atoms with van der Waals surface area (Å²) in [5.41, 5.74) is 3.60. The second kappa shape index (κ2) is 9.81. The van der Waals surface area contributed by atoms with E-state index in [1.165, 1.54) is 11.1 Å². The van der Waals surface area contributed by atoms with E-state index in [1.807, 2.05) is 36.4 Å². The highest BCUT2D eigenvalue weighted by Gasteiger charge is 2.00. The van der Waals surface area contributed by atoms with Crippen molar-refractivity contribution in [2.45, 2.75) is 40.2 Å². The van der Waals surface area contributed by atoms with Gasteiger partial charge in [0.15, 0.2) is 0 Å². The second-order valence-corrected chi connectivity index (χ2v) is 5.31. The normalized spacial score (nSPS) is 10.9. The van der Waals surface area contributed by atoms with Crippen molar-refractivity contribution in [2.75, 3.05) is 6.54 Å². The molecule has 0 heterocycles. The van der Waals surface area contributed by atoms with Crippen LogP contribution in [0.5, 0.6) is 0 Å². The van der Waals surface area contributed by atoms with Crippen molar-refractivity contribution in [1.29, 1.82) is 0 Å². The Bertz CT molecular complexity index is 485. The number of benzene rings is 1. The summed E-state index contributed by atoms with van der Waals surface area (Å²) >= 11 is 0. The summed E-state index contributed by atoms with van der Waals surface area (Å²) in [4.78, 5) is 11.5. The standard InChI is InChI=1S/C18H25NO2/c1-15(2)8-7-9-16(3)12-13-19-18(20)21-14-17-10-5-4-6-11-17/h4-6,8,10-12H,7,9,13-14H2,1-3H3,(H,19,20)/b16-12-. The number of hydrogen-bond donors (Lipinski definition) is 1. The number of allylic oxidation sites excluding steroid dienone is 3. The van der Waals surface area contributed by atoms with Gasteiger partial charge in [-0.25, -0.2) is 4.79 Å². The lowest BCUT2D eigenvalue weighted by molar-refractivity contribution is 0.140. The summed E-state index contributed by atoms with van der Waals surface area (Å²) < 4.78 is 5.13. The van der Waals surface area contributed by atoms with E-state index in [0.717, 1.165) is 18.4 Å². The predicted molar refractivity (Wildman–Crippen MR) is 87.1 cm³/mol. The molecule has 3 nitrogen and oxygen atoms in total. The van der Waals surface area contributed by atoms with Crippen LogP contribution in [0.25, 0.3) is 0 Å². The SMILES string of the molecule is CC(C)=CCC/C(C)=C\CNC(=O)OCc1ccccc1. The van der Waals surface area contributed by atoms with Crippen LogP contribution in [0.4, 0.5) is 4.79 Å². The van der Waals surface area contributed by atoms with Gasteiger partial charge in [0, 0.05) is 6.54 Å². The zero-order chi connectivity index (χ0) is 15.5. The molecule has 1 rings (SSSR count). The maximum Gasteiger partial charge on any atom is 0.407 e. The molecule has 0 aliphatic heterocycles. The van der Waals surface area contributed by atoms with Gasteiger partial charge in [-0.3, -0.25) is 0 Å². The number of hydrogen-bond acceptors (Lipinski definition) is 2. The van der Waals surface area contributed by atoms with Crippen LogP contribution in [0.3, 0.4) is 0 Å². The summed E-state index contributed by atoms with van der Waals surface area (Å²) in [6.07, 6.45) is 5.93. The van der Waals surface area contributed by atoms with Gasteiger partial charge in [0.1, 0.15) is 6.61 Å². The third-order valence-electron chi connectivity index (χ3n) is 3.00. The molecule has 0 aromatic heterocycles. The maximum atomic E-state index is 11.5. The molecule has 0 aliphatic rings. The van der Waals surface area contributed by atoms with Gasteiger partial charge in [-0.1, -0.05) is 53.6 Å². The molecule has 21 heavy (non-hydrogen) atoms. The minimum Gasteiger partial charge on any atom is -0.445 e. The topological polar surface area (TPSA) is 38.3 Å². The Hall–Kier alpha value is -2.03. The molecule has 0 fully saturated rings. The van der Waals surface area contributed by atoms with E-state index in [-0.39, 0.29) is 6.09 Å². The first-order valence-corrected chi connectivity index (χ1v) is 7.31. The molecule has 1 aromatic carbocycles. The van der Waals surface area contributed by atoms with E-state index < -0.39 is 0 Å². The van der Waals surface area contributed by atoms with Crippen LogP contribution >= 0.6 is 0 Å². The minimum atomic E-state index is -0.382. The molecule has 0 radical (unpaired) electrons. The Balaban J connectivity index is 2.19. The number of nitrogens with one attached hydrogen (secondary N) is 1. The van der Waals surface area contributed by atoms with Gasteiger partial charge in [-0.2, -0.15) is 0 Å². The number of alkyl carbamates (subject to hydrolysis) is 1. The number of carbonyl (C=O) groups excluding carboxylic acids is 1. The van der Waals surface area contributed by atoms with Crippen molar-refractivity contribution in [2.24, 2.45) is 0 Å². The fourth-order valence-electron chi connectivity index (χ4n) is 1.77. The molecule has 3 heteroatoms. The van der Waals surface area contributed by atoms with Crippen molar-refractivity contribution >= 4 is 6.09 Å². The lowest BCUT2D eigenvalue weighted by Crippen LogP contribution is -2.24. The number of ether oxygens (including phenoxy) is 1. The molecule has 1 N–H and O–H groups in total. The van der Waals surface area contributed by atoms with E-state index in [2.05, 4.69) is 32.2 Å². The lowest BCUT2D eigenvalue weighted by Gasteiger charge is -2.06. The van der Waals surface area contributed by atoms with Crippen LogP contribution in [0, 0.1) is 0 Å². The summed E-state index contributed by atoms with van der Waals surface area (Å²) in [5, 5.41) is 2.73. The Morgan fingerprint density at radius 2 is 1.86 bits per heavy atom. The van der Waals surface area contributed by atoms with Crippen LogP contribution in [0.2, 0.25) is 0 Å². The van der Waals surface area contributed by atoms with Crippen LogP contribution in [-0.4, -0.2) is 12.6 Å². The molecule has 0 bridgehead atoms. The molecular formula is C18H25NO2. The third kappa shape index (κ3) is 8.69. The quantitative estimate of drug-likeness (QED) is 0.744. The van der Waals surface area contributed by atoms with Gasteiger partial charge >= 0.3 is 6.09 Å². The Morgan fingerprint density at radius 1 is 1.14 bits per heavy atom. The van der Waals surface area contributed by atoms with Gasteiger partial charge < -0.3 is 10.1 Å². The molecular weight excluding hydrogens is 262 g/mol. The second-order valence-electron chi connectivity index (χ2n) is 5.31. The Kier molecular flexibility index (Phi) is 7.95. The third-order valence-corrected chi connectivity index (χ3v) is 3.00. The van der Waals surface area contributed by atoms with E-state index >= 15 is 0 Å². The molecule has 0 aliphatic carbocycles. The predicted octanol–water partition coefficient (Wildman–Crippen LogP) is 4.61. The average molecular weight is 287 g/mol. The van der Waals surface area contributed by atoms with Crippen molar-refractivity contribution < 1.29 is 9.53 Å². The summed E-state index contributed by atoms with van der Waals surface area (Å²) in [6, 6.07) is 9.65. The van der Waals surface area contributed by atoms with Crippen molar-refractivity contribution in [3.63, 3.8) is 0 Å². The van der Waals surface area contributed by atoms with Crippen molar-refractivity contribution in [1.82, 2.24) is 5.32 Å². The molecule has 1 amide bonds. The zero-order valence-electron chi connectivity index (χ0n) is 13.2. The molecule has 0 saturated carbocycles. The van der Waals surface area contributed by atoms with Crippen LogP contribution in [0.15, 0.2) is 53.6 Å². The highest BCUT2D eigenvalue weighted by atomic mass is 16.5. The van der Waals surface area contributed by atoms with Gasteiger partial charge in [0.2, 0.25) is 0 Å². The maximum absolute atomic E-state index is 11.5. The minimum absolute atomic E-state index is 0.302. The summed E-state index contributed by atoms with van der Waals surface area (Å²) in [7, 11) is 0. The number of carbonyl (C=O) groups is 1. The van der Waals surface area contributed by atoms with E-state index in [1.54, 1.807) is 0 Å². The fraction of sp³-hybridized carbons (Fsp3) is 0.389. The van der Waals surface area contributed by atoms with E-state index in [4.69, 9.17) is 4.74 Å². The molecule has 1 aromatic rings. The summed E-state index contributed by atoms with van der Waals surface area (Å²) in [5.74, 6) is 0. The van der Waals surface area contributed by atoms with Gasteiger partial charge in [0.25, 0.3) is 0 Å². The number of amides is 1. The first-order chi connectivity index (χ1) is 10.1. The van der Waals surface area contributed by atoms with Crippen LogP contribution in [0.1, 0.15) is 39.2 Å². The van der Waals surface area contributed by atoms with Crippen molar-refractivity contribution in [3.8, 4) is 0 Å². The Labute approximate surface area is 127 Å². The lowest BCUT2D eigenvalue weighted by atomic mass is 10.1.